The molecule has 28 heavy (non-hydrogen) atoms. The molecule has 1 saturated heterocycles. The van der Waals surface area contributed by atoms with Crippen LogP contribution in [0.5, 0.6) is 0 Å². The quantitative estimate of drug-likeness (QED) is 0.337. The molecule has 0 bridgehead atoms. The van der Waals surface area contributed by atoms with Gasteiger partial charge in [-0.25, -0.2) is 0 Å². The fraction of sp³-hybridized carbons (Fsp3) is 1.00. The smallest absolute Gasteiger partial charge is 0.439 e. The summed E-state index contributed by atoms with van der Waals surface area (Å²) in [4.78, 5) is 0. The first-order valence-electron chi connectivity index (χ1n) is 10.5. The van der Waals surface area contributed by atoms with E-state index < -0.39 is 35.0 Å². The zero-order valence-electron chi connectivity index (χ0n) is 19.0. The first-order chi connectivity index (χ1) is 13.3. The monoisotopic (exact) mass is 470 g/mol. The van der Waals surface area contributed by atoms with Gasteiger partial charge in [0.15, 0.2) is 9.04 Å². The zero-order chi connectivity index (χ0) is 21.1. The molecule has 0 radical (unpaired) electrons. The van der Waals surface area contributed by atoms with Gasteiger partial charge in [0.25, 0.3) is 0 Å². The third-order valence-corrected chi connectivity index (χ3v) is 20.0. The van der Waals surface area contributed by atoms with E-state index in [-0.39, 0.29) is 0 Å². The zero-order valence-corrected chi connectivity index (χ0v) is 23.2. The van der Waals surface area contributed by atoms with Crippen LogP contribution in [0, 0.1) is 0 Å². The second kappa shape index (κ2) is 13.1. The summed E-state index contributed by atoms with van der Waals surface area (Å²) in [6, 6.07) is 3.59. The summed E-state index contributed by atoms with van der Waals surface area (Å²) in [6.07, 6.45) is 3.22. The van der Waals surface area contributed by atoms with Crippen LogP contribution in [-0.4, -0.2) is 76.1 Å². The topological polar surface area (TPSA) is 64.6 Å². The lowest BCUT2D eigenvalue weighted by molar-refractivity contribution is 0.124. The van der Waals surface area contributed by atoms with Crippen molar-refractivity contribution in [1.29, 1.82) is 0 Å². The molecule has 1 fully saturated rings. The molecule has 0 spiro atoms. The molecule has 11 heteroatoms. The highest BCUT2D eigenvalue weighted by Crippen LogP contribution is 2.31. The maximum atomic E-state index is 6.85. The summed E-state index contributed by atoms with van der Waals surface area (Å²) in [5.74, 6) is 0. The van der Waals surface area contributed by atoms with E-state index in [0.717, 1.165) is 44.8 Å². The summed E-state index contributed by atoms with van der Waals surface area (Å²) < 4.78 is 42.3. The van der Waals surface area contributed by atoms with Gasteiger partial charge in [0, 0.05) is 47.2 Å². The van der Waals surface area contributed by atoms with E-state index in [0.29, 0.717) is 6.04 Å². The summed E-state index contributed by atoms with van der Waals surface area (Å²) >= 11 is 0. The molecule has 3 atom stereocenters. The summed E-state index contributed by atoms with van der Waals surface area (Å²) in [6.45, 7) is 11.0. The second-order valence-corrected chi connectivity index (χ2v) is 20.6. The normalized spacial score (nSPS) is 30.3. The van der Waals surface area contributed by atoms with Crippen molar-refractivity contribution in [1.82, 2.24) is 0 Å². The lowest BCUT2D eigenvalue weighted by atomic mass is 10.4. The van der Waals surface area contributed by atoms with Crippen LogP contribution in [0.2, 0.25) is 43.8 Å². The van der Waals surface area contributed by atoms with Crippen LogP contribution in [0.25, 0.3) is 0 Å². The van der Waals surface area contributed by atoms with Crippen LogP contribution in [-0.2, 0) is 30.7 Å². The van der Waals surface area contributed by atoms with Gasteiger partial charge in [0.1, 0.15) is 0 Å². The molecule has 3 unspecified atom stereocenters. The van der Waals surface area contributed by atoms with E-state index in [2.05, 4.69) is 19.6 Å². The van der Waals surface area contributed by atoms with E-state index in [4.69, 9.17) is 30.7 Å². The first kappa shape index (κ1) is 26.6. The molecule has 0 aromatic rings. The van der Waals surface area contributed by atoms with Crippen molar-refractivity contribution >= 4 is 35.0 Å². The standard InChI is InChI=1S/C17H42O7Si4/c1-8-21-12-11-15-26(6)22-13-9-10-14-25(5)23-27(7,24-26)16-17-28(18-2,19-3)20-4/h25H,8-17H2,1-7H3. The Morgan fingerprint density at radius 2 is 1.68 bits per heavy atom. The van der Waals surface area contributed by atoms with Crippen molar-refractivity contribution in [2.75, 3.05) is 41.2 Å². The third-order valence-electron chi connectivity index (χ3n) is 5.24. The van der Waals surface area contributed by atoms with Crippen molar-refractivity contribution in [3.8, 4) is 0 Å². The fourth-order valence-electron chi connectivity index (χ4n) is 3.63. The van der Waals surface area contributed by atoms with Crippen LogP contribution < -0.4 is 0 Å². The van der Waals surface area contributed by atoms with E-state index in [1.165, 1.54) is 12.5 Å². The largest absolute Gasteiger partial charge is 0.500 e. The van der Waals surface area contributed by atoms with E-state index in [9.17, 15) is 0 Å². The molecule has 1 aliphatic rings. The van der Waals surface area contributed by atoms with Gasteiger partial charge in [-0.3, -0.25) is 0 Å². The van der Waals surface area contributed by atoms with Crippen molar-refractivity contribution < 1.29 is 30.7 Å². The van der Waals surface area contributed by atoms with E-state index >= 15 is 0 Å². The summed E-state index contributed by atoms with van der Waals surface area (Å²) in [5.41, 5.74) is 0. The van der Waals surface area contributed by atoms with Crippen LogP contribution in [0.15, 0.2) is 0 Å². The number of rotatable bonds is 11. The fourth-order valence-corrected chi connectivity index (χ4v) is 19.8. The lowest BCUT2D eigenvalue weighted by Gasteiger charge is -2.40. The molecule has 0 aromatic heterocycles. The SMILES string of the molecule is CCOCCC[Si]1(C)OCCCC[SiH](C)O[Si](C)(CC[Si](OC)(OC)OC)O1. The first-order valence-corrected chi connectivity index (χ1v) is 19.9. The Bertz CT molecular complexity index is 422. The predicted octanol–water partition coefficient (Wildman–Crippen LogP) is 3.63. The van der Waals surface area contributed by atoms with Gasteiger partial charge in [-0.2, -0.15) is 0 Å². The van der Waals surface area contributed by atoms with Gasteiger partial charge >= 0.3 is 25.9 Å². The maximum absolute atomic E-state index is 6.85. The molecule has 1 heterocycles. The molecule has 0 amide bonds. The Balaban J connectivity index is 2.92. The van der Waals surface area contributed by atoms with Crippen molar-refractivity contribution in [3.63, 3.8) is 0 Å². The Labute approximate surface area is 176 Å². The molecule has 168 valence electrons. The third kappa shape index (κ3) is 9.16. The summed E-state index contributed by atoms with van der Waals surface area (Å²) in [7, 11) is -3.76. The van der Waals surface area contributed by atoms with Gasteiger partial charge in [-0.15, -0.1) is 0 Å². The second-order valence-electron chi connectivity index (χ2n) is 7.74. The Morgan fingerprint density at radius 1 is 1.00 bits per heavy atom. The Hall–Kier alpha value is 0.588. The van der Waals surface area contributed by atoms with Crippen LogP contribution in [0.4, 0.5) is 0 Å². The number of hydrogen-bond acceptors (Lipinski definition) is 7. The van der Waals surface area contributed by atoms with Crippen molar-refractivity contribution in [3.05, 3.63) is 0 Å². The van der Waals surface area contributed by atoms with Gasteiger partial charge in [0.05, 0.1) is 0 Å². The number of hydrogen-bond donors (Lipinski definition) is 0. The van der Waals surface area contributed by atoms with Gasteiger partial charge in [-0.05, 0) is 57.5 Å². The minimum Gasteiger partial charge on any atom is -0.439 e. The van der Waals surface area contributed by atoms with E-state index in [1.54, 1.807) is 21.3 Å². The molecule has 1 aliphatic heterocycles. The van der Waals surface area contributed by atoms with Crippen molar-refractivity contribution in [2.45, 2.75) is 70.0 Å². The van der Waals surface area contributed by atoms with Crippen LogP contribution in [0.3, 0.4) is 0 Å². The maximum Gasteiger partial charge on any atom is 0.500 e. The Kier molecular flexibility index (Phi) is 12.5. The molecule has 7 nitrogen and oxygen atoms in total. The van der Waals surface area contributed by atoms with Crippen LogP contribution in [0.1, 0.15) is 26.2 Å². The van der Waals surface area contributed by atoms with Gasteiger partial charge in [0.2, 0.25) is 0 Å². The average molecular weight is 471 g/mol. The molecule has 0 N–H and O–H groups in total. The van der Waals surface area contributed by atoms with Crippen LogP contribution >= 0.6 is 0 Å². The minimum absolute atomic E-state index is 0.698. The predicted molar refractivity (Wildman–Crippen MR) is 121 cm³/mol. The van der Waals surface area contributed by atoms with Gasteiger partial charge in [-0.1, -0.05) is 6.42 Å². The molecular formula is C17H42O7Si4. The molecule has 0 aliphatic carbocycles. The average Bonchev–Trinajstić information content (AvgIpc) is 2.66. The molecule has 1 rings (SSSR count). The van der Waals surface area contributed by atoms with Crippen molar-refractivity contribution in [2.24, 2.45) is 0 Å². The van der Waals surface area contributed by atoms with E-state index in [1.807, 2.05) is 6.92 Å². The summed E-state index contributed by atoms with van der Waals surface area (Å²) in [5, 5.41) is 0. The highest BCUT2D eigenvalue weighted by molar-refractivity contribution is 6.84. The highest BCUT2D eigenvalue weighted by atomic mass is 28.5. The van der Waals surface area contributed by atoms with Gasteiger partial charge < -0.3 is 30.7 Å². The molecular weight excluding hydrogens is 429 g/mol. The Morgan fingerprint density at radius 3 is 2.29 bits per heavy atom. The number of ether oxygens (including phenoxy) is 1. The highest BCUT2D eigenvalue weighted by Gasteiger charge is 2.48. The minimum atomic E-state index is -2.66. The molecule has 0 aromatic carbocycles. The lowest BCUT2D eigenvalue weighted by Crippen LogP contribution is -2.55. The molecule has 0 saturated carbocycles.